The smallest absolute Gasteiger partial charge is 0.227 e. The summed E-state index contributed by atoms with van der Waals surface area (Å²) >= 11 is 5.85. The van der Waals surface area contributed by atoms with Crippen molar-refractivity contribution in [1.82, 2.24) is 4.90 Å². The van der Waals surface area contributed by atoms with Crippen molar-refractivity contribution in [1.29, 1.82) is 0 Å². The Morgan fingerprint density at radius 2 is 2.18 bits per heavy atom. The molecule has 0 saturated heterocycles. The molecule has 96 valence electrons. The van der Waals surface area contributed by atoms with Crippen LogP contribution in [0.4, 0.5) is 0 Å². The Labute approximate surface area is 113 Å². The molecule has 17 heavy (non-hydrogen) atoms. The van der Waals surface area contributed by atoms with Crippen molar-refractivity contribution in [2.45, 2.75) is 19.4 Å². The molecule has 1 aromatic rings. The van der Waals surface area contributed by atoms with Crippen LogP contribution in [0.5, 0.6) is 0 Å². The van der Waals surface area contributed by atoms with Gasteiger partial charge in [-0.3, -0.25) is 4.79 Å². The largest absolute Gasteiger partial charge is 0.341 e. The van der Waals surface area contributed by atoms with Gasteiger partial charge >= 0.3 is 0 Å². The van der Waals surface area contributed by atoms with Crippen molar-refractivity contribution in [3.63, 3.8) is 0 Å². The van der Waals surface area contributed by atoms with Gasteiger partial charge in [0.1, 0.15) is 0 Å². The molecule has 1 amide bonds. The molecule has 0 aliphatic rings. The van der Waals surface area contributed by atoms with Gasteiger partial charge in [0.2, 0.25) is 5.91 Å². The highest BCUT2D eigenvalue weighted by Gasteiger charge is 2.14. The lowest BCUT2D eigenvalue weighted by molar-refractivity contribution is -0.130. The minimum absolute atomic E-state index is 0. The van der Waals surface area contributed by atoms with Crippen molar-refractivity contribution in [3.05, 3.63) is 34.9 Å². The maximum absolute atomic E-state index is 11.9. The fourth-order valence-electron chi connectivity index (χ4n) is 1.35. The van der Waals surface area contributed by atoms with Gasteiger partial charge in [-0.25, -0.2) is 0 Å². The number of benzene rings is 1. The minimum atomic E-state index is 0. The molecule has 0 heterocycles. The Balaban J connectivity index is 0.00000256. The highest BCUT2D eigenvalue weighted by atomic mass is 35.5. The summed E-state index contributed by atoms with van der Waals surface area (Å²) in [4.78, 5) is 13.5. The maximum atomic E-state index is 11.9. The molecule has 0 aliphatic heterocycles. The number of carbonyl (C=O) groups excluding carboxylic acids is 1. The van der Waals surface area contributed by atoms with Gasteiger partial charge in [-0.2, -0.15) is 0 Å². The van der Waals surface area contributed by atoms with Gasteiger partial charge in [-0.1, -0.05) is 23.7 Å². The number of rotatable bonds is 4. The summed E-state index contributed by atoms with van der Waals surface area (Å²) in [5, 5.41) is 0.653. The Hall–Kier alpha value is -0.770. The second-order valence-corrected chi connectivity index (χ2v) is 4.33. The van der Waals surface area contributed by atoms with Gasteiger partial charge in [0, 0.05) is 24.7 Å². The molecule has 0 saturated carbocycles. The number of halogens is 2. The fraction of sp³-hybridized carbons (Fsp3) is 0.417. The molecule has 0 bridgehead atoms. The number of nitrogens with two attached hydrogens (primary N) is 1. The molecule has 0 spiro atoms. The summed E-state index contributed by atoms with van der Waals surface area (Å²) in [5.74, 6) is 0.0558. The van der Waals surface area contributed by atoms with E-state index in [0.717, 1.165) is 5.56 Å². The summed E-state index contributed by atoms with van der Waals surface area (Å²) in [6.07, 6.45) is 0.362. The number of amides is 1. The number of likely N-dealkylation sites (N-methyl/N-ethyl adjacent to an activating group) is 1. The van der Waals surface area contributed by atoms with E-state index in [1.807, 2.05) is 19.1 Å². The monoisotopic (exact) mass is 276 g/mol. The van der Waals surface area contributed by atoms with Gasteiger partial charge in [0.15, 0.2) is 0 Å². The molecule has 1 unspecified atom stereocenters. The van der Waals surface area contributed by atoms with Gasteiger partial charge in [-0.05, 0) is 24.6 Å². The zero-order valence-corrected chi connectivity index (χ0v) is 11.6. The zero-order chi connectivity index (χ0) is 12.1. The maximum Gasteiger partial charge on any atom is 0.227 e. The summed E-state index contributed by atoms with van der Waals surface area (Å²) in [6.45, 7) is 2.40. The van der Waals surface area contributed by atoms with Crippen LogP contribution >= 0.6 is 24.0 Å². The van der Waals surface area contributed by atoms with Crippen molar-refractivity contribution in [3.8, 4) is 0 Å². The van der Waals surface area contributed by atoms with E-state index >= 15 is 0 Å². The third-order valence-corrected chi connectivity index (χ3v) is 2.88. The molecule has 1 rings (SSSR count). The number of carbonyl (C=O) groups is 1. The number of nitrogens with zero attached hydrogens (tertiary/aromatic N) is 1. The second kappa shape index (κ2) is 7.54. The Kier molecular flexibility index (Phi) is 7.19. The van der Waals surface area contributed by atoms with Crippen LogP contribution in [0.1, 0.15) is 12.5 Å². The average Bonchev–Trinajstić information content (AvgIpc) is 2.27. The third-order valence-electron chi connectivity index (χ3n) is 2.64. The van der Waals surface area contributed by atoms with E-state index in [1.54, 1.807) is 24.1 Å². The third kappa shape index (κ3) is 4.94. The molecule has 0 aliphatic carbocycles. The molecule has 1 atom stereocenters. The first kappa shape index (κ1) is 16.2. The van der Waals surface area contributed by atoms with E-state index in [2.05, 4.69) is 0 Å². The normalized spacial score (nSPS) is 11.5. The van der Waals surface area contributed by atoms with E-state index < -0.39 is 0 Å². The van der Waals surface area contributed by atoms with Crippen molar-refractivity contribution in [2.24, 2.45) is 5.73 Å². The Bertz CT molecular complexity index is 371. The highest BCUT2D eigenvalue weighted by molar-refractivity contribution is 6.30. The van der Waals surface area contributed by atoms with Crippen LogP contribution in [-0.4, -0.2) is 30.4 Å². The summed E-state index contributed by atoms with van der Waals surface area (Å²) in [6, 6.07) is 7.40. The minimum Gasteiger partial charge on any atom is -0.341 e. The predicted octanol–water partition coefficient (Wildman–Crippen LogP) is 2.11. The number of hydrogen-bond acceptors (Lipinski definition) is 2. The Morgan fingerprint density at radius 3 is 2.71 bits per heavy atom. The molecule has 0 radical (unpaired) electrons. The van der Waals surface area contributed by atoms with Crippen molar-refractivity contribution >= 4 is 29.9 Å². The van der Waals surface area contributed by atoms with E-state index in [0.29, 0.717) is 18.0 Å². The van der Waals surface area contributed by atoms with Crippen molar-refractivity contribution in [2.75, 3.05) is 13.6 Å². The summed E-state index contributed by atoms with van der Waals surface area (Å²) < 4.78 is 0. The molecule has 0 aromatic heterocycles. The molecule has 5 heteroatoms. The molecule has 0 fully saturated rings. The van der Waals surface area contributed by atoms with Crippen LogP contribution < -0.4 is 5.73 Å². The van der Waals surface area contributed by atoms with E-state index in [1.165, 1.54) is 0 Å². The quantitative estimate of drug-likeness (QED) is 0.916. The van der Waals surface area contributed by atoms with Crippen molar-refractivity contribution < 1.29 is 4.79 Å². The molecular weight excluding hydrogens is 259 g/mol. The standard InChI is InChI=1S/C12H17ClN2O.ClH/c1-9(8-14)15(2)12(16)7-10-4-3-5-11(13)6-10;/h3-6,9H,7-8,14H2,1-2H3;1H. The van der Waals surface area contributed by atoms with Crippen LogP contribution in [0.15, 0.2) is 24.3 Å². The molecule has 3 nitrogen and oxygen atoms in total. The first-order valence-corrected chi connectivity index (χ1v) is 5.62. The zero-order valence-electron chi connectivity index (χ0n) is 10.0. The lowest BCUT2D eigenvalue weighted by Crippen LogP contribution is -2.40. The molecule has 2 N–H and O–H groups in total. The van der Waals surface area contributed by atoms with E-state index in [-0.39, 0.29) is 24.4 Å². The van der Waals surface area contributed by atoms with E-state index in [4.69, 9.17) is 17.3 Å². The van der Waals surface area contributed by atoms with Gasteiger partial charge in [0.05, 0.1) is 6.42 Å². The first-order chi connectivity index (χ1) is 7.54. The summed E-state index contributed by atoms with van der Waals surface area (Å²) in [5.41, 5.74) is 6.44. The molecular formula is C12H18Cl2N2O. The summed E-state index contributed by atoms with van der Waals surface area (Å²) in [7, 11) is 1.77. The predicted molar refractivity (Wildman–Crippen MR) is 73.7 cm³/mol. The molecule has 1 aromatic carbocycles. The first-order valence-electron chi connectivity index (χ1n) is 5.24. The topological polar surface area (TPSA) is 46.3 Å². The van der Waals surface area contributed by atoms with Gasteiger partial charge < -0.3 is 10.6 Å². The van der Waals surface area contributed by atoms with Gasteiger partial charge in [0.25, 0.3) is 0 Å². The second-order valence-electron chi connectivity index (χ2n) is 3.90. The number of hydrogen-bond donors (Lipinski definition) is 1. The van der Waals surface area contributed by atoms with Crippen LogP contribution in [-0.2, 0) is 11.2 Å². The lowest BCUT2D eigenvalue weighted by Gasteiger charge is -2.23. The van der Waals surface area contributed by atoms with Crippen LogP contribution in [0.25, 0.3) is 0 Å². The average molecular weight is 277 g/mol. The highest BCUT2D eigenvalue weighted by Crippen LogP contribution is 2.12. The lowest BCUT2D eigenvalue weighted by atomic mass is 10.1. The fourth-order valence-corrected chi connectivity index (χ4v) is 1.56. The van der Waals surface area contributed by atoms with Crippen LogP contribution in [0, 0.1) is 0 Å². The Morgan fingerprint density at radius 1 is 1.53 bits per heavy atom. The van der Waals surface area contributed by atoms with E-state index in [9.17, 15) is 4.79 Å². The van der Waals surface area contributed by atoms with Crippen LogP contribution in [0.3, 0.4) is 0 Å². The van der Waals surface area contributed by atoms with Crippen LogP contribution in [0.2, 0.25) is 5.02 Å². The SMILES string of the molecule is CC(CN)N(C)C(=O)Cc1cccc(Cl)c1.Cl. The van der Waals surface area contributed by atoms with Gasteiger partial charge in [-0.15, -0.1) is 12.4 Å².